The number of hydrogen-bond donors (Lipinski definition) is 0. The lowest BCUT2D eigenvalue weighted by atomic mass is 10.2. The van der Waals surface area contributed by atoms with Gasteiger partial charge in [-0.1, -0.05) is 91.9 Å². The highest BCUT2D eigenvalue weighted by Gasteiger charge is 2.39. The number of ether oxygens (including phenoxy) is 1. The van der Waals surface area contributed by atoms with E-state index in [2.05, 4.69) is 127 Å². The van der Waals surface area contributed by atoms with Gasteiger partial charge < -0.3 is 9.30 Å². The predicted molar refractivity (Wildman–Crippen MR) is 143 cm³/mol. The molecule has 0 N–H and O–H groups in total. The number of para-hydroxylation sites is 2. The zero-order valence-corrected chi connectivity index (χ0v) is 21.6. The molecule has 4 aromatic rings. The van der Waals surface area contributed by atoms with E-state index in [1.807, 2.05) is 0 Å². The Labute approximate surface area is 194 Å². The fourth-order valence-electron chi connectivity index (χ4n) is 5.12. The summed E-state index contributed by atoms with van der Waals surface area (Å²) < 4.78 is 8.94. The number of aromatic nitrogens is 1. The molecule has 0 saturated heterocycles. The summed E-state index contributed by atoms with van der Waals surface area (Å²) >= 11 is 0. The largest absolute Gasteiger partial charge is 0.490 e. The molecule has 2 nitrogen and oxygen atoms in total. The average molecular weight is 446 g/mol. The molecule has 1 aromatic heterocycles. The molecule has 0 radical (unpaired) electrons. The summed E-state index contributed by atoms with van der Waals surface area (Å²) in [6, 6.07) is 24.1. The van der Waals surface area contributed by atoms with E-state index < -0.39 is 7.92 Å². The molecule has 0 aliphatic heterocycles. The molecule has 0 unspecified atom stereocenters. The maximum Gasteiger partial charge on any atom is 0.129 e. The van der Waals surface area contributed by atoms with Gasteiger partial charge in [0.25, 0.3) is 0 Å². The first kappa shape index (κ1) is 22.9. The first-order valence-electron chi connectivity index (χ1n) is 11.6. The molecule has 4 rings (SSSR count). The van der Waals surface area contributed by atoms with Crippen LogP contribution < -0.4 is 10.0 Å². The Kier molecular flexibility index (Phi) is 5.88. The fraction of sp³-hybridized carbons (Fsp3) is 0.379. The minimum Gasteiger partial charge on any atom is -0.490 e. The molecule has 1 heterocycles. The summed E-state index contributed by atoms with van der Waals surface area (Å²) in [6.07, 6.45) is 0.124. The smallest absolute Gasteiger partial charge is 0.129 e. The first-order chi connectivity index (χ1) is 15.0. The van der Waals surface area contributed by atoms with Gasteiger partial charge in [-0.3, -0.25) is 0 Å². The Balaban J connectivity index is 2.16. The molecule has 0 atom stereocenters. The molecule has 0 saturated carbocycles. The Morgan fingerprint density at radius 1 is 0.688 bits per heavy atom. The van der Waals surface area contributed by atoms with Gasteiger partial charge in [-0.25, -0.2) is 0 Å². The molecule has 168 valence electrons. The second kappa shape index (κ2) is 8.23. The van der Waals surface area contributed by atoms with Crippen molar-refractivity contribution >= 4 is 35.0 Å². The van der Waals surface area contributed by atoms with Crippen molar-refractivity contribution in [3.05, 3.63) is 66.7 Å². The number of fused-ring (bicyclic) bond motifs is 3. The molecule has 3 heteroatoms. The average Bonchev–Trinajstić information content (AvgIpc) is 3.01. The Morgan fingerprint density at radius 2 is 1.19 bits per heavy atom. The Morgan fingerprint density at radius 3 is 1.66 bits per heavy atom. The van der Waals surface area contributed by atoms with Gasteiger partial charge in [-0.05, 0) is 48.4 Å². The monoisotopic (exact) mass is 445 g/mol. The predicted octanol–water partition coefficient (Wildman–Crippen LogP) is 8.28. The van der Waals surface area contributed by atoms with Crippen LogP contribution in [-0.4, -0.2) is 21.0 Å². The van der Waals surface area contributed by atoms with Gasteiger partial charge in [0.05, 0.1) is 22.8 Å². The maximum absolute atomic E-state index is 6.48. The third kappa shape index (κ3) is 4.06. The van der Waals surface area contributed by atoms with E-state index >= 15 is 0 Å². The summed E-state index contributed by atoms with van der Waals surface area (Å²) in [4.78, 5) is 0. The van der Waals surface area contributed by atoms with E-state index in [1.54, 1.807) is 0 Å². The Hall–Kier alpha value is -2.31. The van der Waals surface area contributed by atoms with Crippen molar-refractivity contribution in [3.63, 3.8) is 0 Å². The number of hydrogen-bond acceptors (Lipinski definition) is 1. The first-order valence-corrected chi connectivity index (χ1v) is 12.9. The third-order valence-electron chi connectivity index (χ3n) is 5.73. The van der Waals surface area contributed by atoms with E-state index in [0.717, 1.165) is 5.75 Å². The van der Waals surface area contributed by atoms with Gasteiger partial charge in [-0.2, -0.15) is 0 Å². The molecule has 32 heavy (non-hydrogen) atoms. The topological polar surface area (TPSA) is 14.2 Å². The zero-order valence-electron chi connectivity index (χ0n) is 20.7. The van der Waals surface area contributed by atoms with Crippen LogP contribution in [0.15, 0.2) is 66.7 Å². The van der Waals surface area contributed by atoms with Crippen LogP contribution >= 0.6 is 7.92 Å². The Bertz CT molecular complexity index is 1190. The molecule has 0 fully saturated rings. The van der Waals surface area contributed by atoms with Crippen molar-refractivity contribution in [2.45, 2.75) is 71.8 Å². The molecular weight excluding hydrogens is 409 g/mol. The van der Waals surface area contributed by atoms with Crippen LogP contribution in [0.25, 0.3) is 27.5 Å². The van der Waals surface area contributed by atoms with Gasteiger partial charge in [0.2, 0.25) is 0 Å². The number of nitrogens with zero attached hydrogens (tertiary/aromatic N) is 1. The summed E-state index contributed by atoms with van der Waals surface area (Å²) in [5, 5.41) is 4.19. The van der Waals surface area contributed by atoms with Gasteiger partial charge in [-0.15, -0.1) is 0 Å². The second-order valence-electron chi connectivity index (χ2n) is 10.8. The minimum absolute atomic E-state index is 0.123. The van der Waals surface area contributed by atoms with Crippen LogP contribution in [0.3, 0.4) is 0 Å². The lowest BCUT2D eigenvalue weighted by Gasteiger charge is -2.43. The highest BCUT2D eigenvalue weighted by atomic mass is 31.1. The molecule has 0 aliphatic rings. The molecule has 0 bridgehead atoms. The zero-order chi connectivity index (χ0) is 23.3. The lowest BCUT2D eigenvalue weighted by molar-refractivity contribution is 0.244. The third-order valence-corrected chi connectivity index (χ3v) is 9.31. The summed E-state index contributed by atoms with van der Waals surface area (Å²) in [5.41, 5.74) is 3.74. The van der Waals surface area contributed by atoms with E-state index in [-0.39, 0.29) is 16.4 Å². The van der Waals surface area contributed by atoms with Crippen LogP contribution in [0.1, 0.15) is 55.4 Å². The van der Waals surface area contributed by atoms with Crippen molar-refractivity contribution in [2.75, 3.05) is 0 Å². The van der Waals surface area contributed by atoms with Crippen molar-refractivity contribution in [3.8, 4) is 11.4 Å². The van der Waals surface area contributed by atoms with Gasteiger partial charge >= 0.3 is 0 Å². The van der Waals surface area contributed by atoms with E-state index in [1.165, 1.54) is 32.8 Å². The van der Waals surface area contributed by atoms with Gasteiger partial charge in [0.1, 0.15) is 5.75 Å². The summed E-state index contributed by atoms with van der Waals surface area (Å²) in [6.45, 7) is 18.5. The van der Waals surface area contributed by atoms with E-state index in [4.69, 9.17) is 4.74 Å². The normalized spacial score (nSPS) is 12.9. The number of rotatable bonds is 4. The van der Waals surface area contributed by atoms with Crippen molar-refractivity contribution in [2.24, 2.45) is 0 Å². The fourth-order valence-corrected chi connectivity index (χ4v) is 9.23. The number of benzene rings is 3. The lowest BCUT2D eigenvalue weighted by Crippen LogP contribution is -2.34. The quantitative estimate of drug-likeness (QED) is 0.288. The second-order valence-corrected chi connectivity index (χ2v) is 14.6. The van der Waals surface area contributed by atoms with Gasteiger partial charge in [0, 0.05) is 16.1 Å². The summed E-state index contributed by atoms with van der Waals surface area (Å²) in [5.74, 6) is 1.02. The standard InChI is InChI=1S/C29H36NOP/c1-20(2)31-26-19-13-18-25(27(26)32(28(3,4)5)29(6,7)8)30-23-16-11-9-14-21(23)22-15-10-12-17-24(22)30/h9-20H,1-8H3. The van der Waals surface area contributed by atoms with Crippen molar-refractivity contribution < 1.29 is 4.74 Å². The maximum atomic E-state index is 6.48. The molecule has 0 aliphatic carbocycles. The van der Waals surface area contributed by atoms with Gasteiger partial charge in [0.15, 0.2) is 0 Å². The van der Waals surface area contributed by atoms with E-state index in [0.29, 0.717) is 0 Å². The van der Waals surface area contributed by atoms with Crippen LogP contribution in [0.2, 0.25) is 0 Å². The van der Waals surface area contributed by atoms with Crippen molar-refractivity contribution in [1.29, 1.82) is 0 Å². The van der Waals surface area contributed by atoms with Crippen molar-refractivity contribution in [1.82, 2.24) is 4.57 Å². The van der Waals surface area contributed by atoms with Crippen LogP contribution in [0.5, 0.6) is 5.75 Å². The molecule has 3 aromatic carbocycles. The van der Waals surface area contributed by atoms with Crippen LogP contribution in [0, 0.1) is 0 Å². The highest BCUT2D eigenvalue weighted by molar-refractivity contribution is 7.69. The minimum atomic E-state index is -0.571. The summed E-state index contributed by atoms with van der Waals surface area (Å²) in [7, 11) is -0.571. The molecule has 0 spiro atoms. The van der Waals surface area contributed by atoms with Crippen LogP contribution in [0.4, 0.5) is 0 Å². The molecule has 0 amide bonds. The van der Waals surface area contributed by atoms with Crippen LogP contribution in [-0.2, 0) is 0 Å². The highest BCUT2D eigenvalue weighted by Crippen LogP contribution is 2.60. The molecular formula is C29H36NOP. The SMILES string of the molecule is CC(C)Oc1cccc(-n2c3ccccc3c3ccccc32)c1P(C(C)(C)C)C(C)(C)C. The van der Waals surface area contributed by atoms with E-state index in [9.17, 15) is 0 Å².